The molecule has 0 aliphatic heterocycles. The molecule has 4 fully saturated rings. The molecule has 28 heavy (non-hydrogen) atoms. The van der Waals surface area contributed by atoms with Crippen molar-refractivity contribution in [1.82, 2.24) is 10.6 Å². The molecular weight excluding hydrogens is 352 g/mol. The number of carbonyl (C=O) groups excluding carboxylic acids is 2. The lowest BCUT2D eigenvalue weighted by molar-refractivity contribution is -0.126. The van der Waals surface area contributed by atoms with Crippen LogP contribution in [0.15, 0.2) is 30.3 Å². The molecule has 0 saturated heterocycles. The number of hydrogen-bond donors (Lipinski definition) is 2. The molecule has 0 aromatic heterocycles. The Kier molecular flexibility index (Phi) is 4.67. The summed E-state index contributed by atoms with van der Waals surface area (Å²) in [5.41, 5.74) is 0.918. The quantitative estimate of drug-likeness (QED) is 0.827. The number of benzene rings is 1. The lowest BCUT2D eigenvalue weighted by Crippen LogP contribution is -2.65. The van der Waals surface area contributed by atoms with Gasteiger partial charge in [0.25, 0.3) is 0 Å². The summed E-state index contributed by atoms with van der Waals surface area (Å²) in [6.45, 7) is 5.39. The average molecular weight is 385 g/mol. The summed E-state index contributed by atoms with van der Waals surface area (Å²) in [6, 6.07) is 10.8. The van der Waals surface area contributed by atoms with E-state index in [1.165, 1.54) is 24.8 Å². The lowest BCUT2D eigenvalue weighted by Gasteiger charge is -2.62. The van der Waals surface area contributed by atoms with Crippen LogP contribution in [0.2, 0.25) is 0 Å². The first kappa shape index (κ1) is 19.3. The molecule has 2 unspecified atom stereocenters. The first-order chi connectivity index (χ1) is 13.2. The Morgan fingerprint density at radius 3 is 2.32 bits per heavy atom. The van der Waals surface area contributed by atoms with Crippen molar-refractivity contribution >= 4 is 12.0 Å². The van der Waals surface area contributed by atoms with Gasteiger partial charge in [-0.2, -0.15) is 0 Å². The maximum atomic E-state index is 12.7. The molecule has 4 aliphatic carbocycles. The minimum absolute atomic E-state index is 0.0374. The van der Waals surface area contributed by atoms with Crippen molar-refractivity contribution in [3.05, 3.63) is 35.9 Å². The van der Waals surface area contributed by atoms with Gasteiger partial charge in [0.1, 0.15) is 12.1 Å². The highest BCUT2D eigenvalue weighted by atomic mass is 16.6. The molecule has 1 aromatic rings. The van der Waals surface area contributed by atoms with Crippen LogP contribution < -0.4 is 10.6 Å². The number of nitrogens with one attached hydrogen (secondary N) is 2. The Bertz CT molecular complexity index is 739. The molecule has 1 aromatic carbocycles. The molecule has 4 bridgehead atoms. The van der Waals surface area contributed by atoms with Gasteiger partial charge in [0.2, 0.25) is 5.91 Å². The summed E-state index contributed by atoms with van der Waals surface area (Å²) in [7, 11) is 0. The standard InChI is InChI=1S/C23H32N2O3/c1-21(2,3)28-20(27)24-14-19(26)25-23-12-16-9-17(13-23)11-22(10-16,15-23)18-7-5-4-6-8-18/h4-8,16-17H,9-15H2,1-3H3,(H,24,27)(H,25,26). The number of hydrogen-bond acceptors (Lipinski definition) is 3. The molecule has 5 heteroatoms. The molecule has 5 rings (SSSR count). The summed E-state index contributed by atoms with van der Waals surface area (Å²) in [5.74, 6) is 1.25. The minimum atomic E-state index is -0.567. The van der Waals surface area contributed by atoms with Crippen LogP contribution in [0.3, 0.4) is 0 Å². The van der Waals surface area contributed by atoms with Crippen molar-refractivity contribution in [2.24, 2.45) is 11.8 Å². The molecular formula is C23H32N2O3. The Hall–Kier alpha value is -2.04. The second-order valence-electron chi connectivity index (χ2n) is 10.3. The third-order valence-electron chi connectivity index (χ3n) is 6.64. The van der Waals surface area contributed by atoms with Crippen molar-refractivity contribution in [3.63, 3.8) is 0 Å². The maximum absolute atomic E-state index is 12.7. The molecule has 5 nitrogen and oxygen atoms in total. The van der Waals surface area contributed by atoms with Crippen molar-refractivity contribution in [2.45, 2.75) is 75.9 Å². The first-order valence-corrected chi connectivity index (χ1v) is 10.5. The Morgan fingerprint density at radius 2 is 1.71 bits per heavy atom. The van der Waals surface area contributed by atoms with Crippen molar-refractivity contribution < 1.29 is 14.3 Å². The third-order valence-corrected chi connectivity index (χ3v) is 6.64. The molecule has 2 N–H and O–H groups in total. The molecule has 0 radical (unpaired) electrons. The van der Waals surface area contributed by atoms with Crippen LogP contribution in [0, 0.1) is 11.8 Å². The van der Waals surface area contributed by atoms with Gasteiger partial charge in [-0.1, -0.05) is 30.3 Å². The summed E-state index contributed by atoms with van der Waals surface area (Å²) in [6.07, 6.45) is 6.36. The van der Waals surface area contributed by atoms with E-state index in [1.807, 2.05) is 20.8 Å². The number of rotatable bonds is 4. The number of alkyl carbamates (subject to hydrolysis) is 1. The van der Waals surface area contributed by atoms with E-state index >= 15 is 0 Å². The van der Waals surface area contributed by atoms with Crippen LogP contribution >= 0.6 is 0 Å². The molecule has 4 saturated carbocycles. The van der Waals surface area contributed by atoms with Crippen LogP contribution in [0.1, 0.15) is 64.9 Å². The van der Waals surface area contributed by atoms with Gasteiger partial charge in [-0.3, -0.25) is 4.79 Å². The number of amides is 2. The zero-order valence-corrected chi connectivity index (χ0v) is 17.2. The largest absolute Gasteiger partial charge is 0.444 e. The summed E-state index contributed by atoms with van der Waals surface area (Å²) in [5, 5.41) is 5.92. The zero-order valence-electron chi connectivity index (χ0n) is 17.2. The monoisotopic (exact) mass is 384 g/mol. The van der Waals surface area contributed by atoms with E-state index in [9.17, 15) is 9.59 Å². The number of carbonyl (C=O) groups is 2. The molecule has 152 valence electrons. The second-order valence-corrected chi connectivity index (χ2v) is 10.3. The van der Waals surface area contributed by atoms with Gasteiger partial charge in [0.05, 0.1) is 0 Å². The predicted octanol–water partition coefficient (Wildman–Crippen LogP) is 3.92. The molecule has 2 atom stereocenters. The second kappa shape index (κ2) is 6.78. The lowest BCUT2D eigenvalue weighted by atomic mass is 9.45. The maximum Gasteiger partial charge on any atom is 0.408 e. The van der Waals surface area contributed by atoms with Crippen LogP contribution in [0.4, 0.5) is 4.79 Å². The fourth-order valence-corrected chi connectivity index (χ4v) is 6.34. The normalized spacial score (nSPS) is 33.4. The van der Waals surface area contributed by atoms with Crippen LogP contribution in [0.5, 0.6) is 0 Å². The van der Waals surface area contributed by atoms with E-state index in [1.54, 1.807) is 0 Å². The SMILES string of the molecule is CC(C)(C)OC(=O)NCC(=O)NC12CC3CC(C1)CC(c1ccccc1)(C3)C2. The van der Waals surface area contributed by atoms with Crippen LogP contribution in [-0.2, 0) is 14.9 Å². The van der Waals surface area contributed by atoms with Gasteiger partial charge >= 0.3 is 6.09 Å². The highest BCUT2D eigenvalue weighted by molar-refractivity contribution is 5.82. The van der Waals surface area contributed by atoms with Gasteiger partial charge in [-0.05, 0) is 82.1 Å². The van der Waals surface area contributed by atoms with Crippen LogP contribution in [-0.4, -0.2) is 29.7 Å². The molecule has 4 aliphatic rings. The predicted molar refractivity (Wildman–Crippen MR) is 108 cm³/mol. The average Bonchev–Trinajstić information content (AvgIpc) is 2.58. The Morgan fingerprint density at radius 1 is 1.07 bits per heavy atom. The summed E-state index contributed by atoms with van der Waals surface area (Å²) in [4.78, 5) is 24.5. The summed E-state index contributed by atoms with van der Waals surface area (Å²) < 4.78 is 5.23. The van der Waals surface area contributed by atoms with Crippen molar-refractivity contribution in [3.8, 4) is 0 Å². The van der Waals surface area contributed by atoms with E-state index in [0.717, 1.165) is 19.3 Å². The van der Waals surface area contributed by atoms with E-state index in [4.69, 9.17) is 4.74 Å². The van der Waals surface area contributed by atoms with Crippen LogP contribution in [0.25, 0.3) is 0 Å². The minimum Gasteiger partial charge on any atom is -0.444 e. The third kappa shape index (κ3) is 3.89. The van der Waals surface area contributed by atoms with Crippen molar-refractivity contribution in [2.75, 3.05) is 6.54 Å². The highest BCUT2D eigenvalue weighted by Crippen LogP contribution is 2.62. The van der Waals surface area contributed by atoms with E-state index in [2.05, 4.69) is 41.0 Å². The fourth-order valence-electron chi connectivity index (χ4n) is 6.34. The van der Waals surface area contributed by atoms with Gasteiger partial charge in [-0.15, -0.1) is 0 Å². The highest BCUT2D eigenvalue weighted by Gasteiger charge is 2.58. The number of ether oxygens (including phenoxy) is 1. The first-order valence-electron chi connectivity index (χ1n) is 10.5. The molecule has 0 spiro atoms. The van der Waals surface area contributed by atoms with E-state index < -0.39 is 11.7 Å². The molecule has 0 heterocycles. The van der Waals surface area contributed by atoms with Crippen molar-refractivity contribution in [1.29, 1.82) is 0 Å². The van der Waals surface area contributed by atoms with Gasteiger partial charge in [0, 0.05) is 5.54 Å². The van der Waals surface area contributed by atoms with Gasteiger partial charge < -0.3 is 15.4 Å². The van der Waals surface area contributed by atoms with Gasteiger partial charge in [-0.25, -0.2) is 4.79 Å². The summed E-state index contributed by atoms with van der Waals surface area (Å²) >= 11 is 0. The Balaban J connectivity index is 1.43. The fraction of sp³-hybridized carbons (Fsp3) is 0.652. The zero-order chi connectivity index (χ0) is 20.0. The smallest absolute Gasteiger partial charge is 0.408 e. The Labute approximate surface area is 167 Å². The topological polar surface area (TPSA) is 67.4 Å². The van der Waals surface area contributed by atoms with E-state index in [-0.39, 0.29) is 23.4 Å². The molecule has 2 amide bonds. The van der Waals surface area contributed by atoms with Gasteiger partial charge in [0.15, 0.2) is 0 Å². The van der Waals surface area contributed by atoms with E-state index in [0.29, 0.717) is 11.8 Å².